The van der Waals surface area contributed by atoms with Crippen LogP contribution in [-0.2, 0) is 11.2 Å². The number of hydrogen-bond acceptors (Lipinski definition) is 2. The highest BCUT2D eigenvalue weighted by Gasteiger charge is 2.15. The molecule has 1 aromatic carbocycles. The highest BCUT2D eigenvalue weighted by molar-refractivity contribution is 7.99. The first-order chi connectivity index (χ1) is 12.2. The molecule has 0 aliphatic carbocycles. The first-order valence-electron chi connectivity index (χ1n) is 10.0. The number of thioether (sulfide) groups is 1. The van der Waals surface area contributed by atoms with Crippen molar-refractivity contribution in [1.82, 2.24) is 0 Å². The van der Waals surface area contributed by atoms with Gasteiger partial charge in [0, 0.05) is 5.25 Å². The number of carbonyl (C=O) groups is 1. The Morgan fingerprint density at radius 3 is 2.16 bits per heavy atom. The van der Waals surface area contributed by atoms with E-state index < -0.39 is 5.97 Å². The number of benzene rings is 1. The molecule has 0 aliphatic heterocycles. The van der Waals surface area contributed by atoms with Crippen molar-refractivity contribution >= 4 is 17.7 Å². The van der Waals surface area contributed by atoms with Crippen LogP contribution in [0, 0.1) is 5.92 Å². The van der Waals surface area contributed by atoms with Gasteiger partial charge in [0.05, 0.1) is 6.42 Å². The van der Waals surface area contributed by atoms with Gasteiger partial charge in [0.1, 0.15) is 0 Å². The number of carboxylic acids is 1. The van der Waals surface area contributed by atoms with E-state index >= 15 is 0 Å². The zero-order valence-corrected chi connectivity index (χ0v) is 16.9. The Morgan fingerprint density at radius 1 is 1.00 bits per heavy atom. The van der Waals surface area contributed by atoms with Crippen LogP contribution in [0.5, 0.6) is 0 Å². The second kappa shape index (κ2) is 14.2. The Kier molecular flexibility index (Phi) is 12.6. The Labute approximate surface area is 158 Å². The van der Waals surface area contributed by atoms with Crippen LogP contribution in [0.15, 0.2) is 30.3 Å². The van der Waals surface area contributed by atoms with Gasteiger partial charge in [-0.1, -0.05) is 82.7 Å². The molecule has 0 aromatic heterocycles. The Hall–Kier alpha value is -0.960. The molecule has 25 heavy (non-hydrogen) atoms. The van der Waals surface area contributed by atoms with Crippen LogP contribution in [0.25, 0.3) is 0 Å². The minimum atomic E-state index is -0.683. The lowest BCUT2D eigenvalue weighted by Crippen LogP contribution is -2.14. The van der Waals surface area contributed by atoms with Gasteiger partial charge in [0.25, 0.3) is 0 Å². The minimum Gasteiger partial charge on any atom is -0.481 e. The van der Waals surface area contributed by atoms with Crippen molar-refractivity contribution in [3.63, 3.8) is 0 Å². The molecule has 1 rings (SSSR count). The summed E-state index contributed by atoms with van der Waals surface area (Å²) >= 11 is 1.85. The van der Waals surface area contributed by atoms with Crippen LogP contribution < -0.4 is 0 Å². The van der Waals surface area contributed by atoms with E-state index in [0.717, 1.165) is 18.1 Å². The molecule has 0 heterocycles. The number of rotatable bonds is 15. The molecule has 0 saturated heterocycles. The van der Waals surface area contributed by atoms with Crippen molar-refractivity contribution in [1.29, 1.82) is 0 Å². The molecule has 2 nitrogen and oxygen atoms in total. The normalized spacial score (nSPS) is 12.4. The molecule has 0 bridgehead atoms. The smallest absolute Gasteiger partial charge is 0.304 e. The molecule has 1 unspecified atom stereocenters. The predicted octanol–water partition coefficient (Wildman–Crippen LogP) is 6.58. The number of unbranched alkanes of at least 4 members (excludes halogenated alkanes) is 2. The molecule has 142 valence electrons. The van der Waals surface area contributed by atoms with E-state index in [4.69, 9.17) is 0 Å². The van der Waals surface area contributed by atoms with Crippen LogP contribution >= 0.6 is 11.8 Å². The maximum Gasteiger partial charge on any atom is 0.304 e. The number of aliphatic carboxylic acids is 1. The van der Waals surface area contributed by atoms with E-state index in [1.54, 1.807) is 0 Å². The lowest BCUT2D eigenvalue weighted by atomic mass is 9.92. The van der Waals surface area contributed by atoms with Gasteiger partial charge in [0.15, 0.2) is 0 Å². The fraction of sp³-hybridized carbons (Fsp3) is 0.682. The van der Waals surface area contributed by atoms with Crippen molar-refractivity contribution in [2.24, 2.45) is 5.92 Å². The first kappa shape index (κ1) is 22.1. The van der Waals surface area contributed by atoms with Crippen molar-refractivity contribution in [3.8, 4) is 0 Å². The fourth-order valence-electron chi connectivity index (χ4n) is 3.30. The van der Waals surface area contributed by atoms with E-state index in [1.807, 2.05) is 30.0 Å². The fourth-order valence-corrected chi connectivity index (χ4v) is 4.54. The SMILES string of the molecule is CCCCC(CCCC)CCCSC(CC(=O)O)Cc1ccccc1. The van der Waals surface area contributed by atoms with E-state index in [2.05, 4.69) is 26.0 Å². The highest BCUT2D eigenvalue weighted by atomic mass is 32.2. The summed E-state index contributed by atoms with van der Waals surface area (Å²) < 4.78 is 0. The Morgan fingerprint density at radius 2 is 1.60 bits per heavy atom. The summed E-state index contributed by atoms with van der Waals surface area (Å²) in [5, 5.41) is 9.37. The summed E-state index contributed by atoms with van der Waals surface area (Å²) in [6.45, 7) is 4.54. The molecule has 3 heteroatoms. The summed E-state index contributed by atoms with van der Waals surface area (Å²) in [5.41, 5.74) is 1.24. The molecule has 0 spiro atoms. The quantitative estimate of drug-likeness (QED) is 0.357. The van der Waals surface area contributed by atoms with Crippen LogP contribution in [0.1, 0.15) is 77.2 Å². The van der Waals surface area contributed by atoms with Gasteiger partial charge in [-0.05, 0) is 36.5 Å². The third-order valence-electron chi connectivity index (χ3n) is 4.75. The standard InChI is InChI=1S/C22H36O2S/c1-3-5-11-19(12-6-4-2)15-10-16-25-21(18-22(23)24)17-20-13-8-7-9-14-20/h7-9,13-14,19,21H,3-6,10-12,15-18H2,1-2H3,(H,23,24). The molecular formula is C22H36O2S. The average Bonchev–Trinajstić information content (AvgIpc) is 2.60. The van der Waals surface area contributed by atoms with E-state index in [9.17, 15) is 9.90 Å². The minimum absolute atomic E-state index is 0.185. The van der Waals surface area contributed by atoms with Crippen LogP contribution in [0.2, 0.25) is 0 Å². The molecule has 0 fully saturated rings. The molecule has 1 atom stereocenters. The summed E-state index contributed by atoms with van der Waals surface area (Å²) in [5.74, 6) is 1.27. The van der Waals surface area contributed by atoms with Gasteiger partial charge < -0.3 is 5.11 Å². The Bertz CT molecular complexity index is 439. The maximum atomic E-state index is 11.2. The average molecular weight is 365 g/mol. The number of carboxylic acid groups (broad SMARTS) is 1. The van der Waals surface area contributed by atoms with Gasteiger partial charge in [-0.25, -0.2) is 0 Å². The largest absolute Gasteiger partial charge is 0.481 e. The van der Waals surface area contributed by atoms with Crippen LogP contribution in [0.4, 0.5) is 0 Å². The topological polar surface area (TPSA) is 37.3 Å². The van der Waals surface area contributed by atoms with E-state index in [1.165, 1.54) is 56.9 Å². The van der Waals surface area contributed by atoms with Gasteiger partial charge in [0.2, 0.25) is 0 Å². The molecule has 0 radical (unpaired) electrons. The molecule has 1 aromatic rings. The first-order valence-corrected chi connectivity index (χ1v) is 11.1. The van der Waals surface area contributed by atoms with Crippen molar-refractivity contribution in [2.45, 2.75) is 83.3 Å². The zero-order chi connectivity index (χ0) is 18.3. The van der Waals surface area contributed by atoms with Crippen LogP contribution in [-0.4, -0.2) is 22.1 Å². The van der Waals surface area contributed by atoms with Gasteiger partial charge in [-0.15, -0.1) is 0 Å². The van der Waals surface area contributed by atoms with E-state index in [-0.39, 0.29) is 11.7 Å². The zero-order valence-electron chi connectivity index (χ0n) is 16.1. The Balaban J connectivity index is 2.37. The van der Waals surface area contributed by atoms with Crippen molar-refractivity contribution in [3.05, 3.63) is 35.9 Å². The summed E-state index contributed by atoms with van der Waals surface area (Å²) in [4.78, 5) is 11.2. The number of hydrogen-bond donors (Lipinski definition) is 1. The predicted molar refractivity (Wildman–Crippen MR) is 110 cm³/mol. The lowest BCUT2D eigenvalue weighted by Gasteiger charge is -2.18. The van der Waals surface area contributed by atoms with Gasteiger partial charge >= 0.3 is 5.97 Å². The summed E-state index contributed by atoms with van der Waals surface area (Å²) in [6.07, 6.45) is 11.6. The lowest BCUT2D eigenvalue weighted by molar-refractivity contribution is -0.136. The van der Waals surface area contributed by atoms with Gasteiger partial charge in [-0.3, -0.25) is 4.79 Å². The summed E-state index contributed by atoms with van der Waals surface area (Å²) in [7, 11) is 0. The third-order valence-corrected chi connectivity index (χ3v) is 6.08. The van der Waals surface area contributed by atoms with Crippen molar-refractivity contribution in [2.75, 3.05) is 5.75 Å². The monoisotopic (exact) mass is 364 g/mol. The second-order valence-electron chi connectivity index (χ2n) is 7.07. The van der Waals surface area contributed by atoms with Crippen LogP contribution in [0.3, 0.4) is 0 Å². The van der Waals surface area contributed by atoms with E-state index in [0.29, 0.717) is 0 Å². The second-order valence-corrected chi connectivity index (χ2v) is 8.48. The molecule has 0 saturated carbocycles. The molecule has 1 N–H and O–H groups in total. The molecular weight excluding hydrogens is 328 g/mol. The van der Waals surface area contributed by atoms with Crippen molar-refractivity contribution < 1.29 is 9.90 Å². The molecule has 0 aliphatic rings. The van der Waals surface area contributed by atoms with Gasteiger partial charge in [-0.2, -0.15) is 11.8 Å². The molecule has 0 amide bonds. The summed E-state index contributed by atoms with van der Waals surface area (Å²) in [6, 6.07) is 10.3. The maximum absolute atomic E-state index is 11.2. The third kappa shape index (κ3) is 11.3. The highest BCUT2D eigenvalue weighted by Crippen LogP contribution is 2.25.